The van der Waals surface area contributed by atoms with E-state index in [9.17, 15) is 5.11 Å². The number of nitrogens with zero attached hydrogens (tertiary/aromatic N) is 2. The highest BCUT2D eigenvalue weighted by Gasteiger charge is 2.40. The molecular formula is C23H28ClN3O. The molecule has 5 heteroatoms. The van der Waals surface area contributed by atoms with E-state index in [1.807, 2.05) is 6.07 Å². The van der Waals surface area contributed by atoms with Gasteiger partial charge in [0.1, 0.15) is 11.4 Å². The fraction of sp³-hybridized carbons (Fsp3) is 0.435. The van der Waals surface area contributed by atoms with E-state index in [0.717, 1.165) is 43.6 Å². The van der Waals surface area contributed by atoms with E-state index in [1.165, 1.54) is 16.7 Å². The minimum Gasteiger partial charge on any atom is -0.508 e. The van der Waals surface area contributed by atoms with Gasteiger partial charge >= 0.3 is 0 Å². The minimum absolute atomic E-state index is 0.0190. The number of phenolic OH excluding ortho intramolecular Hbond substituents is 1. The Morgan fingerprint density at radius 1 is 1.14 bits per heavy atom. The van der Waals surface area contributed by atoms with Crippen LogP contribution >= 0.6 is 11.6 Å². The molecule has 0 aliphatic carbocycles. The second-order valence-corrected chi connectivity index (χ2v) is 8.75. The number of benzene rings is 2. The average molecular weight is 398 g/mol. The van der Waals surface area contributed by atoms with Crippen LogP contribution in [0.5, 0.6) is 5.75 Å². The molecule has 2 aromatic carbocycles. The van der Waals surface area contributed by atoms with Gasteiger partial charge < -0.3 is 10.0 Å². The summed E-state index contributed by atoms with van der Waals surface area (Å²) in [6, 6.07) is 11.8. The zero-order valence-electron chi connectivity index (χ0n) is 16.8. The summed E-state index contributed by atoms with van der Waals surface area (Å²) in [7, 11) is 2.16. The van der Waals surface area contributed by atoms with Crippen molar-refractivity contribution in [1.82, 2.24) is 10.2 Å². The number of aliphatic imine (C=N–C) groups is 1. The molecule has 0 bridgehead atoms. The van der Waals surface area contributed by atoms with Gasteiger partial charge in [0.25, 0.3) is 0 Å². The number of aromatic hydroxyl groups is 1. The Bertz CT molecular complexity index is 916. The Labute approximate surface area is 172 Å². The quantitative estimate of drug-likeness (QED) is 0.778. The summed E-state index contributed by atoms with van der Waals surface area (Å²) in [5, 5.41) is 14.9. The molecule has 4 rings (SSSR count). The van der Waals surface area contributed by atoms with Crippen LogP contribution in [0.1, 0.15) is 47.6 Å². The third-order valence-electron chi connectivity index (χ3n) is 6.07. The molecule has 2 aliphatic rings. The molecule has 148 valence electrons. The molecule has 2 N–H and O–H groups in total. The van der Waals surface area contributed by atoms with Gasteiger partial charge in [-0.15, -0.1) is 0 Å². The number of piperidine rings is 1. The van der Waals surface area contributed by atoms with Gasteiger partial charge in [-0.1, -0.05) is 29.3 Å². The number of likely N-dealkylation sites (tertiary alicyclic amines) is 1. The lowest BCUT2D eigenvalue weighted by molar-refractivity contribution is 0.144. The van der Waals surface area contributed by atoms with Crippen molar-refractivity contribution < 1.29 is 5.11 Å². The molecule has 0 unspecified atom stereocenters. The van der Waals surface area contributed by atoms with Crippen molar-refractivity contribution in [3.8, 4) is 5.75 Å². The van der Waals surface area contributed by atoms with Gasteiger partial charge in [0.2, 0.25) is 0 Å². The van der Waals surface area contributed by atoms with Crippen molar-refractivity contribution in [1.29, 1.82) is 0 Å². The van der Waals surface area contributed by atoms with Crippen molar-refractivity contribution in [2.24, 2.45) is 4.99 Å². The summed E-state index contributed by atoms with van der Waals surface area (Å²) in [6.07, 6.45) is 2.64. The zero-order valence-corrected chi connectivity index (χ0v) is 17.6. The van der Waals surface area contributed by atoms with Gasteiger partial charge in [0.15, 0.2) is 0 Å². The molecule has 2 aliphatic heterocycles. The van der Waals surface area contributed by atoms with E-state index in [2.05, 4.69) is 49.3 Å². The number of nitrogens with one attached hydrogen (secondary N) is 1. The number of halogens is 1. The summed E-state index contributed by atoms with van der Waals surface area (Å²) in [5.41, 5.74) is 5.36. The van der Waals surface area contributed by atoms with Gasteiger partial charge in [-0.25, -0.2) is 0 Å². The van der Waals surface area contributed by atoms with E-state index in [0.29, 0.717) is 5.02 Å². The van der Waals surface area contributed by atoms with E-state index < -0.39 is 0 Å². The second-order valence-electron chi connectivity index (χ2n) is 8.32. The Hall–Kier alpha value is -1.88. The van der Waals surface area contributed by atoms with Crippen LogP contribution in [-0.2, 0) is 0 Å². The van der Waals surface area contributed by atoms with Crippen molar-refractivity contribution in [2.75, 3.05) is 20.1 Å². The standard InChI is InChI=1S/C23H28ClN3O/c1-15-4-5-16(2)18(12-15)20-14-21(19-13-17(24)6-7-22(19)28)26-23(25-20)8-10-27(3)11-9-23/h4-7,12-13,21,26,28H,8-11,14H2,1-3H3/t21-/m1/s1. The molecule has 2 heterocycles. The van der Waals surface area contributed by atoms with Crippen LogP contribution in [0.15, 0.2) is 41.4 Å². The molecule has 1 spiro atoms. The Balaban J connectivity index is 1.79. The number of phenols is 1. The van der Waals surface area contributed by atoms with Gasteiger partial charge in [-0.2, -0.15) is 0 Å². The van der Waals surface area contributed by atoms with Crippen LogP contribution in [0.4, 0.5) is 0 Å². The predicted molar refractivity (Wildman–Crippen MR) is 116 cm³/mol. The number of hydrogen-bond acceptors (Lipinski definition) is 4. The Morgan fingerprint density at radius 3 is 2.64 bits per heavy atom. The highest BCUT2D eigenvalue weighted by Crippen LogP contribution is 2.38. The van der Waals surface area contributed by atoms with Crippen LogP contribution in [0.3, 0.4) is 0 Å². The smallest absolute Gasteiger partial charge is 0.120 e. The van der Waals surface area contributed by atoms with Crippen molar-refractivity contribution in [3.63, 3.8) is 0 Å². The molecule has 4 nitrogen and oxygen atoms in total. The van der Waals surface area contributed by atoms with Crippen LogP contribution in [-0.4, -0.2) is 41.5 Å². The number of rotatable bonds is 2. The van der Waals surface area contributed by atoms with E-state index in [1.54, 1.807) is 12.1 Å². The van der Waals surface area contributed by atoms with Crippen LogP contribution in [0, 0.1) is 13.8 Å². The maximum atomic E-state index is 10.5. The van der Waals surface area contributed by atoms with E-state index in [-0.39, 0.29) is 17.5 Å². The fourth-order valence-electron chi connectivity index (χ4n) is 4.36. The second kappa shape index (κ2) is 7.51. The first-order valence-corrected chi connectivity index (χ1v) is 10.3. The predicted octanol–water partition coefficient (Wildman–Crippen LogP) is 4.61. The van der Waals surface area contributed by atoms with Gasteiger partial charge in [0.05, 0.1) is 0 Å². The fourth-order valence-corrected chi connectivity index (χ4v) is 4.54. The van der Waals surface area contributed by atoms with Gasteiger partial charge in [-0.05, 0) is 69.1 Å². The molecule has 1 fully saturated rings. The monoisotopic (exact) mass is 397 g/mol. The topological polar surface area (TPSA) is 47.9 Å². The molecule has 1 atom stereocenters. The summed E-state index contributed by atoms with van der Waals surface area (Å²) in [6.45, 7) is 6.28. The average Bonchev–Trinajstić information content (AvgIpc) is 2.68. The summed E-state index contributed by atoms with van der Waals surface area (Å²) in [5.74, 6) is 0.284. The SMILES string of the molecule is Cc1ccc(C)c(C2=NC3(CCN(C)CC3)N[C@@H](c3cc(Cl)ccc3O)C2)c1. The molecular weight excluding hydrogens is 370 g/mol. The van der Waals surface area contributed by atoms with E-state index >= 15 is 0 Å². The molecule has 0 saturated carbocycles. The highest BCUT2D eigenvalue weighted by atomic mass is 35.5. The normalized spacial score (nSPS) is 22.3. The molecule has 2 aromatic rings. The zero-order chi connectivity index (χ0) is 19.9. The number of hydrogen-bond donors (Lipinski definition) is 2. The van der Waals surface area contributed by atoms with Gasteiger partial charge in [-0.3, -0.25) is 10.3 Å². The molecule has 28 heavy (non-hydrogen) atoms. The van der Waals surface area contributed by atoms with Crippen LogP contribution in [0.2, 0.25) is 5.02 Å². The van der Waals surface area contributed by atoms with Crippen LogP contribution in [0.25, 0.3) is 0 Å². The molecule has 0 amide bonds. The first-order valence-electron chi connectivity index (χ1n) is 9.96. The van der Waals surface area contributed by atoms with E-state index in [4.69, 9.17) is 16.6 Å². The largest absolute Gasteiger partial charge is 0.508 e. The summed E-state index contributed by atoms with van der Waals surface area (Å²) < 4.78 is 0. The maximum Gasteiger partial charge on any atom is 0.120 e. The van der Waals surface area contributed by atoms with Gasteiger partial charge in [0, 0.05) is 41.8 Å². The first kappa shape index (κ1) is 19.4. The van der Waals surface area contributed by atoms with Crippen molar-refractivity contribution >= 4 is 17.3 Å². The Morgan fingerprint density at radius 2 is 1.89 bits per heavy atom. The third-order valence-corrected chi connectivity index (χ3v) is 6.31. The summed E-state index contributed by atoms with van der Waals surface area (Å²) >= 11 is 6.26. The Kier molecular flexibility index (Phi) is 5.21. The minimum atomic E-state index is -0.296. The van der Waals surface area contributed by atoms with Crippen molar-refractivity contribution in [3.05, 3.63) is 63.7 Å². The lowest BCUT2D eigenvalue weighted by Gasteiger charge is -2.44. The lowest BCUT2D eigenvalue weighted by Crippen LogP contribution is -2.55. The molecule has 0 aromatic heterocycles. The van der Waals surface area contributed by atoms with Crippen LogP contribution < -0.4 is 5.32 Å². The molecule has 0 radical (unpaired) electrons. The molecule has 1 saturated heterocycles. The highest BCUT2D eigenvalue weighted by molar-refractivity contribution is 6.30. The third kappa shape index (κ3) is 3.82. The van der Waals surface area contributed by atoms with Crippen molar-refractivity contribution in [2.45, 2.75) is 44.8 Å². The number of aryl methyl sites for hydroxylation is 2. The maximum absolute atomic E-state index is 10.5. The first-order chi connectivity index (χ1) is 13.3. The lowest BCUT2D eigenvalue weighted by atomic mass is 9.86. The summed E-state index contributed by atoms with van der Waals surface area (Å²) in [4.78, 5) is 7.62.